The Morgan fingerprint density at radius 1 is 1.58 bits per heavy atom. The monoisotopic (exact) mass is 287 g/mol. The molecule has 7 heteroatoms. The topological polar surface area (TPSA) is 73.2 Å². The highest BCUT2D eigenvalue weighted by Crippen LogP contribution is 2.10. The number of hydrogen-bond donors (Lipinski definition) is 1. The fourth-order valence-corrected chi connectivity index (χ4v) is 1.99. The molecule has 0 unspecified atom stereocenters. The minimum absolute atomic E-state index is 0. The zero-order valence-electron chi connectivity index (χ0n) is 10.8. The van der Waals surface area contributed by atoms with E-state index in [1.165, 1.54) is 7.11 Å². The van der Waals surface area contributed by atoms with Gasteiger partial charge in [-0.1, -0.05) is 0 Å². The number of aromatic nitrogens is 2. The molecule has 0 fully saturated rings. The minimum Gasteiger partial charge on any atom is -0.469 e. The molecule has 0 saturated carbocycles. The lowest BCUT2D eigenvalue weighted by Gasteiger charge is -2.19. The van der Waals surface area contributed by atoms with Crippen LogP contribution in [0.3, 0.4) is 0 Å². The number of hydrogen-bond acceptors (Lipinski definition) is 5. The second kappa shape index (κ2) is 7.13. The van der Waals surface area contributed by atoms with Gasteiger partial charge in [0.15, 0.2) is 0 Å². The summed E-state index contributed by atoms with van der Waals surface area (Å²) < 4.78 is 6.21. The molecule has 0 atom stereocenters. The summed E-state index contributed by atoms with van der Waals surface area (Å²) in [6, 6.07) is 1.55. The molecule has 0 spiro atoms. The summed E-state index contributed by atoms with van der Waals surface area (Å²) in [7, 11) is 1.37. The standard InChI is InChI=1S/C12H17N3O3.ClH/c1-18-11(17)5-2-4-9-8-10(16)15-7-3-6-13-12(15)14-9;/h8H,2-7H2,1H3,(H,13,14);1H. The Morgan fingerprint density at radius 3 is 3.11 bits per heavy atom. The third kappa shape index (κ3) is 3.96. The van der Waals surface area contributed by atoms with Gasteiger partial charge in [-0.15, -0.1) is 12.4 Å². The lowest BCUT2D eigenvalue weighted by molar-refractivity contribution is -0.140. The molecule has 2 heterocycles. The first-order chi connectivity index (χ1) is 8.70. The van der Waals surface area contributed by atoms with Gasteiger partial charge < -0.3 is 10.1 Å². The number of fused-ring (bicyclic) bond motifs is 1. The highest BCUT2D eigenvalue weighted by atomic mass is 35.5. The highest BCUT2D eigenvalue weighted by molar-refractivity contribution is 5.85. The second-order valence-electron chi connectivity index (χ2n) is 4.27. The summed E-state index contributed by atoms with van der Waals surface area (Å²) >= 11 is 0. The van der Waals surface area contributed by atoms with Crippen molar-refractivity contribution in [1.82, 2.24) is 9.55 Å². The first-order valence-corrected chi connectivity index (χ1v) is 6.12. The number of anilines is 1. The van der Waals surface area contributed by atoms with Crippen LogP contribution in [0.2, 0.25) is 0 Å². The summed E-state index contributed by atoms with van der Waals surface area (Å²) in [6.45, 7) is 1.56. The number of rotatable bonds is 4. The number of carbonyl (C=O) groups excluding carboxylic acids is 1. The van der Waals surface area contributed by atoms with E-state index in [-0.39, 0.29) is 23.9 Å². The maximum atomic E-state index is 11.8. The Bertz CT molecular complexity index is 501. The maximum absolute atomic E-state index is 11.8. The van der Waals surface area contributed by atoms with Gasteiger partial charge in [-0.05, 0) is 19.3 Å². The van der Waals surface area contributed by atoms with E-state index < -0.39 is 0 Å². The number of carbonyl (C=O) groups is 1. The van der Waals surface area contributed by atoms with Gasteiger partial charge in [-0.25, -0.2) is 4.98 Å². The average molecular weight is 288 g/mol. The molecule has 2 rings (SSSR count). The van der Waals surface area contributed by atoms with Crippen molar-refractivity contribution in [3.05, 3.63) is 22.1 Å². The Labute approximate surface area is 117 Å². The molecule has 1 aliphatic heterocycles. The van der Waals surface area contributed by atoms with Crippen LogP contribution in [0.5, 0.6) is 0 Å². The van der Waals surface area contributed by atoms with Crippen molar-refractivity contribution in [2.24, 2.45) is 0 Å². The van der Waals surface area contributed by atoms with Crippen LogP contribution in [0.4, 0.5) is 5.95 Å². The molecular weight excluding hydrogens is 270 g/mol. The Kier molecular flexibility index (Phi) is 5.82. The zero-order valence-corrected chi connectivity index (χ0v) is 11.7. The molecule has 106 valence electrons. The van der Waals surface area contributed by atoms with E-state index in [1.807, 2.05) is 0 Å². The molecule has 0 aliphatic carbocycles. The summed E-state index contributed by atoms with van der Waals surface area (Å²) in [5.74, 6) is 0.407. The number of ether oxygens (including phenoxy) is 1. The van der Waals surface area contributed by atoms with Gasteiger partial charge in [0.2, 0.25) is 5.95 Å². The van der Waals surface area contributed by atoms with Crippen LogP contribution in [-0.2, 0) is 22.5 Å². The van der Waals surface area contributed by atoms with E-state index in [2.05, 4.69) is 15.0 Å². The molecule has 1 aliphatic rings. The largest absolute Gasteiger partial charge is 0.469 e. The van der Waals surface area contributed by atoms with Gasteiger partial charge in [0, 0.05) is 31.3 Å². The smallest absolute Gasteiger partial charge is 0.305 e. The van der Waals surface area contributed by atoms with E-state index in [9.17, 15) is 9.59 Å². The molecule has 0 amide bonds. The van der Waals surface area contributed by atoms with Crippen molar-refractivity contribution in [3.8, 4) is 0 Å². The summed E-state index contributed by atoms with van der Waals surface area (Å²) in [4.78, 5) is 27.2. The van der Waals surface area contributed by atoms with Crippen molar-refractivity contribution in [1.29, 1.82) is 0 Å². The van der Waals surface area contributed by atoms with Crippen LogP contribution in [0.15, 0.2) is 10.9 Å². The number of esters is 1. The molecule has 0 radical (unpaired) electrons. The van der Waals surface area contributed by atoms with E-state index in [1.54, 1.807) is 10.6 Å². The van der Waals surface area contributed by atoms with E-state index >= 15 is 0 Å². The summed E-state index contributed by atoms with van der Waals surface area (Å²) in [5.41, 5.74) is 0.699. The van der Waals surface area contributed by atoms with Gasteiger partial charge in [-0.3, -0.25) is 14.2 Å². The molecule has 0 saturated heterocycles. The van der Waals surface area contributed by atoms with Gasteiger partial charge >= 0.3 is 5.97 Å². The molecular formula is C12H18ClN3O3. The van der Waals surface area contributed by atoms with Crippen molar-refractivity contribution >= 4 is 24.3 Å². The minimum atomic E-state index is -0.234. The number of methoxy groups -OCH3 is 1. The van der Waals surface area contributed by atoms with Crippen LogP contribution in [0, 0.1) is 0 Å². The SMILES string of the molecule is COC(=O)CCCc1cc(=O)n2c(n1)NCCC2.Cl. The van der Waals surface area contributed by atoms with E-state index in [4.69, 9.17) is 0 Å². The third-order valence-electron chi connectivity index (χ3n) is 2.94. The molecule has 1 aromatic rings. The molecule has 1 aromatic heterocycles. The molecule has 0 bridgehead atoms. The first-order valence-electron chi connectivity index (χ1n) is 6.12. The normalized spacial score (nSPS) is 12.9. The molecule has 19 heavy (non-hydrogen) atoms. The zero-order chi connectivity index (χ0) is 13.0. The predicted octanol–water partition coefficient (Wildman–Crippen LogP) is 0.976. The van der Waals surface area contributed by atoms with Crippen molar-refractivity contribution in [2.45, 2.75) is 32.2 Å². The summed E-state index contributed by atoms with van der Waals surface area (Å²) in [5, 5.41) is 3.11. The third-order valence-corrected chi connectivity index (χ3v) is 2.94. The average Bonchev–Trinajstić information content (AvgIpc) is 2.38. The van der Waals surface area contributed by atoms with Gasteiger partial charge in [-0.2, -0.15) is 0 Å². The predicted molar refractivity (Wildman–Crippen MR) is 73.8 cm³/mol. The van der Waals surface area contributed by atoms with Crippen molar-refractivity contribution < 1.29 is 9.53 Å². The second-order valence-corrected chi connectivity index (χ2v) is 4.27. The lowest BCUT2D eigenvalue weighted by atomic mass is 10.2. The van der Waals surface area contributed by atoms with Gasteiger partial charge in [0.25, 0.3) is 5.56 Å². The number of nitrogens with zero attached hydrogens (tertiary/aromatic N) is 2. The van der Waals surface area contributed by atoms with Crippen LogP contribution in [0.25, 0.3) is 0 Å². The van der Waals surface area contributed by atoms with Crippen LogP contribution in [0.1, 0.15) is 25.0 Å². The van der Waals surface area contributed by atoms with E-state index in [0.717, 1.165) is 25.2 Å². The van der Waals surface area contributed by atoms with Gasteiger partial charge in [0.05, 0.1) is 7.11 Å². The van der Waals surface area contributed by atoms with E-state index in [0.29, 0.717) is 25.2 Å². The number of halogens is 1. The van der Waals surface area contributed by atoms with Crippen LogP contribution < -0.4 is 10.9 Å². The Morgan fingerprint density at radius 2 is 2.37 bits per heavy atom. The van der Waals surface area contributed by atoms with Crippen molar-refractivity contribution in [3.63, 3.8) is 0 Å². The fourth-order valence-electron chi connectivity index (χ4n) is 1.99. The lowest BCUT2D eigenvalue weighted by Crippen LogP contribution is -2.30. The maximum Gasteiger partial charge on any atom is 0.305 e. The van der Waals surface area contributed by atoms with Crippen LogP contribution in [-0.4, -0.2) is 29.2 Å². The highest BCUT2D eigenvalue weighted by Gasteiger charge is 2.12. The fraction of sp³-hybridized carbons (Fsp3) is 0.583. The molecule has 1 N–H and O–H groups in total. The Hall–Kier alpha value is -1.56. The van der Waals surface area contributed by atoms with Gasteiger partial charge in [0.1, 0.15) is 0 Å². The molecule has 6 nitrogen and oxygen atoms in total. The number of aryl methyl sites for hydroxylation is 1. The molecule has 0 aromatic carbocycles. The Balaban J connectivity index is 0.00000180. The summed E-state index contributed by atoms with van der Waals surface area (Å²) in [6.07, 6.45) is 2.54. The number of nitrogens with one attached hydrogen (secondary N) is 1. The van der Waals surface area contributed by atoms with Crippen LogP contribution >= 0.6 is 12.4 Å². The van der Waals surface area contributed by atoms with Crippen molar-refractivity contribution in [2.75, 3.05) is 19.0 Å². The first kappa shape index (κ1) is 15.5. The quantitative estimate of drug-likeness (QED) is 0.836.